The third kappa shape index (κ3) is 2.18. The van der Waals surface area contributed by atoms with Gasteiger partial charge in [0.15, 0.2) is 17.5 Å². The molecule has 68 valence electrons. The van der Waals surface area contributed by atoms with E-state index in [4.69, 9.17) is 0 Å². The summed E-state index contributed by atoms with van der Waals surface area (Å²) in [5, 5.41) is 0. The summed E-state index contributed by atoms with van der Waals surface area (Å²) in [5.41, 5.74) is 0.100. The van der Waals surface area contributed by atoms with Gasteiger partial charge in [0.25, 0.3) is 0 Å². The molecular weight excluding hydrogens is 181 g/mol. The molecule has 0 N–H and O–H groups in total. The van der Waals surface area contributed by atoms with E-state index in [2.05, 4.69) is 0 Å². The average molecular weight is 186 g/mol. The van der Waals surface area contributed by atoms with E-state index < -0.39 is 17.5 Å². The quantitative estimate of drug-likeness (QED) is 0.393. The minimum absolute atomic E-state index is 0.100. The summed E-state index contributed by atoms with van der Waals surface area (Å²) in [7, 11) is 0. The van der Waals surface area contributed by atoms with Crippen LogP contribution in [0.3, 0.4) is 0 Å². The van der Waals surface area contributed by atoms with Crippen molar-refractivity contribution in [2.75, 3.05) is 0 Å². The highest BCUT2D eigenvalue weighted by Gasteiger charge is 2.08. The Bertz CT molecular complexity index is 335. The number of hydrogen-bond donors (Lipinski definition) is 0. The van der Waals surface area contributed by atoms with Crippen LogP contribution in [0.15, 0.2) is 18.2 Å². The maximum Gasteiger partial charge on any atom is 0.194 e. The molecule has 0 atom stereocenters. The van der Waals surface area contributed by atoms with Crippen LogP contribution in [0.5, 0.6) is 0 Å². The first-order valence-corrected chi connectivity index (χ1v) is 3.41. The van der Waals surface area contributed by atoms with Crippen LogP contribution in [-0.2, 0) is 4.79 Å². The standard InChI is InChI=1S/C9H5F3O/c10-7-4-6(2-1-3-13)5-8(11)9(7)12/h1-5H. The molecule has 1 aromatic carbocycles. The number of halogens is 3. The van der Waals surface area contributed by atoms with E-state index in [-0.39, 0.29) is 5.56 Å². The molecule has 1 nitrogen and oxygen atoms in total. The van der Waals surface area contributed by atoms with Gasteiger partial charge in [-0.1, -0.05) is 6.08 Å². The normalized spacial score (nSPS) is 10.7. The van der Waals surface area contributed by atoms with Gasteiger partial charge in [-0.05, 0) is 23.8 Å². The fourth-order valence-electron chi connectivity index (χ4n) is 0.822. The molecule has 0 aliphatic rings. The number of hydrogen-bond acceptors (Lipinski definition) is 1. The van der Waals surface area contributed by atoms with Crippen LogP contribution < -0.4 is 0 Å². The molecule has 0 saturated heterocycles. The fraction of sp³-hybridized carbons (Fsp3) is 0. The van der Waals surface area contributed by atoms with E-state index in [9.17, 15) is 18.0 Å². The Hall–Kier alpha value is -1.58. The second kappa shape index (κ2) is 3.89. The predicted octanol–water partition coefficient (Wildman–Crippen LogP) is 2.32. The van der Waals surface area contributed by atoms with Gasteiger partial charge < -0.3 is 0 Å². The molecule has 0 aliphatic heterocycles. The third-order valence-corrected chi connectivity index (χ3v) is 1.37. The van der Waals surface area contributed by atoms with Gasteiger partial charge in [-0.3, -0.25) is 4.79 Å². The van der Waals surface area contributed by atoms with Gasteiger partial charge >= 0.3 is 0 Å². The van der Waals surface area contributed by atoms with Crippen molar-refractivity contribution in [3.05, 3.63) is 41.2 Å². The molecule has 13 heavy (non-hydrogen) atoms. The average Bonchev–Trinajstić information content (AvgIpc) is 2.10. The first-order chi connectivity index (χ1) is 6.15. The van der Waals surface area contributed by atoms with Crippen LogP contribution in [0.25, 0.3) is 6.08 Å². The predicted molar refractivity (Wildman–Crippen MR) is 41.4 cm³/mol. The van der Waals surface area contributed by atoms with Crippen molar-refractivity contribution in [1.82, 2.24) is 0 Å². The van der Waals surface area contributed by atoms with Gasteiger partial charge in [-0.25, -0.2) is 13.2 Å². The maximum atomic E-state index is 12.5. The van der Waals surface area contributed by atoms with Crippen molar-refractivity contribution >= 4 is 12.4 Å². The second-order valence-corrected chi connectivity index (χ2v) is 2.29. The Morgan fingerprint density at radius 3 is 2.08 bits per heavy atom. The lowest BCUT2D eigenvalue weighted by Gasteiger charge is -1.96. The molecule has 1 rings (SSSR count). The van der Waals surface area contributed by atoms with Crippen molar-refractivity contribution in [3.8, 4) is 0 Å². The maximum absolute atomic E-state index is 12.5. The van der Waals surface area contributed by atoms with Crippen LogP contribution in [0.1, 0.15) is 5.56 Å². The summed E-state index contributed by atoms with van der Waals surface area (Å²) >= 11 is 0. The molecule has 0 amide bonds. The van der Waals surface area contributed by atoms with Gasteiger partial charge in [0.1, 0.15) is 6.29 Å². The number of benzene rings is 1. The van der Waals surface area contributed by atoms with Crippen LogP contribution in [0.4, 0.5) is 13.2 Å². The second-order valence-electron chi connectivity index (χ2n) is 2.29. The first kappa shape index (κ1) is 9.51. The molecule has 0 heterocycles. The highest BCUT2D eigenvalue weighted by molar-refractivity contribution is 5.73. The molecule has 0 saturated carbocycles. The Kier molecular flexibility index (Phi) is 2.84. The van der Waals surface area contributed by atoms with Crippen molar-refractivity contribution in [2.24, 2.45) is 0 Å². The number of rotatable bonds is 2. The van der Waals surface area contributed by atoms with Gasteiger partial charge in [-0.2, -0.15) is 0 Å². The number of carbonyl (C=O) groups excluding carboxylic acids is 1. The van der Waals surface area contributed by atoms with Gasteiger partial charge in [0.05, 0.1) is 0 Å². The zero-order valence-electron chi connectivity index (χ0n) is 6.43. The summed E-state index contributed by atoms with van der Waals surface area (Å²) < 4.78 is 37.4. The largest absolute Gasteiger partial charge is 0.299 e. The molecule has 0 aliphatic carbocycles. The molecule has 0 spiro atoms. The zero-order chi connectivity index (χ0) is 9.84. The monoisotopic (exact) mass is 186 g/mol. The van der Waals surface area contributed by atoms with E-state index in [1.54, 1.807) is 0 Å². The molecular formula is C9H5F3O. The van der Waals surface area contributed by atoms with Crippen molar-refractivity contribution in [1.29, 1.82) is 0 Å². The minimum atomic E-state index is -1.51. The highest BCUT2D eigenvalue weighted by atomic mass is 19.2. The summed E-state index contributed by atoms with van der Waals surface area (Å²) in [6.45, 7) is 0. The van der Waals surface area contributed by atoms with Crippen LogP contribution in [0.2, 0.25) is 0 Å². The molecule has 0 fully saturated rings. The van der Waals surface area contributed by atoms with E-state index >= 15 is 0 Å². The van der Waals surface area contributed by atoms with Gasteiger partial charge in [0, 0.05) is 0 Å². The van der Waals surface area contributed by atoms with E-state index in [0.29, 0.717) is 6.29 Å². The van der Waals surface area contributed by atoms with Crippen LogP contribution >= 0.6 is 0 Å². The van der Waals surface area contributed by atoms with Crippen LogP contribution in [0, 0.1) is 17.5 Å². The molecule has 1 aromatic rings. The highest BCUT2D eigenvalue weighted by Crippen LogP contribution is 2.14. The summed E-state index contributed by atoms with van der Waals surface area (Å²) in [6, 6.07) is 1.61. The fourth-order valence-corrected chi connectivity index (χ4v) is 0.822. The minimum Gasteiger partial charge on any atom is -0.299 e. The first-order valence-electron chi connectivity index (χ1n) is 3.41. The summed E-state index contributed by atoms with van der Waals surface area (Å²) in [4.78, 5) is 9.87. The smallest absolute Gasteiger partial charge is 0.194 e. The van der Waals surface area contributed by atoms with Crippen molar-refractivity contribution < 1.29 is 18.0 Å². The molecule has 0 aromatic heterocycles. The van der Waals surface area contributed by atoms with Gasteiger partial charge in [0.2, 0.25) is 0 Å². The Labute approximate surface area is 72.5 Å². The third-order valence-electron chi connectivity index (χ3n) is 1.37. The zero-order valence-corrected chi connectivity index (χ0v) is 6.43. The molecule has 0 bridgehead atoms. The molecule has 4 heteroatoms. The lowest BCUT2D eigenvalue weighted by atomic mass is 10.2. The Morgan fingerprint density at radius 2 is 1.62 bits per heavy atom. The number of carbonyl (C=O) groups is 1. The molecule has 0 radical (unpaired) electrons. The van der Waals surface area contributed by atoms with Crippen molar-refractivity contribution in [2.45, 2.75) is 0 Å². The lowest BCUT2D eigenvalue weighted by molar-refractivity contribution is -0.104. The van der Waals surface area contributed by atoms with Crippen molar-refractivity contribution in [3.63, 3.8) is 0 Å². The molecule has 0 unspecified atom stereocenters. The topological polar surface area (TPSA) is 17.1 Å². The number of allylic oxidation sites excluding steroid dienone is 1. The van der Waals surface area contributed by atoms with E-state index in [0.717, 1.165) is 18.2 Å². The van der Waals surface area contributed by atoms with E-state index in [1.165, 1.54) is 6.08 Å². The number of aldehydes is 1. The summed E-state index contributed by atoms with van der Waals surface area (Å²) in [6.07, 6.45) is 2.70. The van der Waals surface area contributed by atoms with E-state index in [1.807, 2.05) is 0 Å². The van der Waals surface area contributed by atoms with Gasteiger partial charge in [-0.15, -0.1) is 0 Å². The summed E-state index contributed by atoms with van der Waals surface area (Å²) in [5.74, 6) is -4.06. The Balaban J connectivity index is 3.12. The Morgan fingerprint density at radius 1 is 1.08 bits per heavy atom. The SMILES string of the molecule is O=CC=Cc1cc(F)c(F)c(F)c1. The van der Waals surface area contributed by atoms with Crippen LogP contribution in [-0.4, -0.2) is 6.29 Å². The lowest BCUT2D eigenvalue weighted by Crippen LogP contribution is -1.90.